The van der Waals surface area contributed by atoms with Crippen LogP contribution in [0.5, 0.6) is 5.75 Å². The van der Waals surface area contributed by atoms with Crippen molar-refractivity contribution in [2.24, 2.45) is 28.9 Å². The maximum atomic E-state index is 9.54. The number of phenolic OH excluding ortho intramolecular Hbond substituents is 1. The van der Waals surface area contributed by atoms with Crippen LogP contribution in [0.1, 0.15) is 43.2 Å². The lowest BCUT2D eigenvalue weighted by Crippen LogP contribution is -2.58. The van der Waals surface area contributed by atoms with Crippen LogP contribution in [0.4, 0.5) is 11.8 Å². The molecule has 4 aliphatic carbocycles. The summed E-state index contributed by atoms with van der Waals surface area (Å²) in [5, 5.41) is 26.3. The van der Waals surface area contributed by atoms with Gasteiger partial charge in [-0.3, -0.25) is 0 Å². The van der Waals surface area contributed by atoms with E-state index in [1.807, 2.05) is 6.07 Å². The molecule has 0 saturated heterocycles. The second-order valence-electron chi connectivity index (χ2n) is 9.92. The van der Waals surface area contributed by atoms with Crippen LogP contribution >= 0.6 is 11.6 Å². The highest BCUT2D eigenvalue weighted by Crippen LogP contribution is 2.59. The van der Waals surface area contributed by atoms with Gasteiger partial charge in [-0.05, 0) is 79.4 Å². The summed E-state index contributed by atoms with van der Waals surface area (Å²) in [5.74, 6) is 3.32. The third kappa shape index (κ3) is 4.10. The van der Waals surface area contributed by atoms with Crippen LogP contribution in [-0.4, -0.2) is 34.2 Å². The molecule has 8 heteroatoms. The normalized spacial score (nSPS) is 30.2. The van der Waals surface area contributed by atoms with E-state index >= 15 is 0 Å². The Morgan fingerprint density at radius 1 is 1.22 bits per heavy atom. The highest BCUT2D eigenvalue weighted by Gasteiger charge is 2.54. The molecular weight excluding hydrogens is 424 g/mol. The van der Waals surface area contributed by atoms with Gasteiger partial charge in [-0.15, -0.1) is 0 Å². The molecule has 3 unspecified atom stereocenters. The SMILES string of the molecule is N#Cc1cnc(NCCc2ccc(O)cc2Cl)nc1NCC12CC3C[C@H](C1)C(N)[C@@H](C3)C2. The first-order valence-electron chi connectivity index (χ1n) is 11.4. The third-order valence-electron chi connectivity index (χ3n) is 7.73. The number of rotatable bonds is 7. The largest absolute Gasteiger partial charge is 0.508 e. The second-order valence-corrected chi connectivity index (χ2v) is 10.3. The Morgan fingerprint density at radius 3 is 2.72 bits per heavy atom. The summed E-state index contributed by atoms with van der Waals surface area (Å²) in [4.78, 5) is 8.88. The Balaban J connectivity index is 1.23. The summed E-state index contributed by atoms with van der Waals surface area (Å²) in [6.07, 6.45) is 8.43. The number of aromatic nitrogens is 2. The average Bonchev–Trinajstić information content (AvgIpc) is 2.77. The van der Waals surface area contributed by atoms with Crippen molar-refractivity contribution in [2.45, 2.75) is 44.6 Å². The van der Waals surface area contributed by atoms with Crippen LogP contribution in [0.15, 0.2) is 24.4 Å². The van der Waals surface area contributed by atoms with E-state index in [2.05, 4.69) is 26.7 Å². The van der Waals surface area contributed by atoms with E-state index in [9.17, 15) is 10.4 Å². The molecule has 0 aliphatic heterocycles. The summed E-state index contributed by atoms with van der Waals surface area (Å²) in [6.45, 7) is 1.42. The van der Waals surface area contributed by atoms with Gasteiger partial charge in [-0.1, -0.05) is 17.7 Å². The van der Waals surface area contributed by atoms with E-state index in [1.165, 1.54) is 38.2 Å². The number of anilines is 2. The molecule has 1 heterocycles. The standard InChI is InChI=1S/C24H29ClN6O/c25-20-7-19(32)2-1-15(20)3-4-28-23-29-12-18(11-26)22(31-23)30-13-24-8-14-5-16(9-24)21(27)17(6-14)10-24/h1-2,7,12,14,16-17,21,32H,3-6,8-10,13,27H2,(H2,28,29,30,31)/t14?,16-,17+,21?,24?. The number of halogens is 1. The van der Waals surface area contributed by atoms with Crippen molar-refractivity contribution in [1.29, 1.82) is 5.26 Å². The molecule has 4 bridgehead atoms. The number of hydrogen-bond donors (Lipinski definition) is 4. The number of hydrogen-bond acceptors (Lipinski definition) is 7. The molecule has 4 fully saturated rings. The lowest BCUT2D eigenvalue weighted by molar-refractivity contribution is -0.0591. The fraction of sp³-hybridized carbons (Fsp3) is 0.542. The summed E-state index contributed by atoms with van der Waals surface area (Å²) in [6, 6.07) is 7.54. The van der Waals surface area contributed by atoms with Crippen molar-refractivity contribution < 1.29 is 5.11 Å². The van der Waals surface area contributed by atoms with Gasteiger partial charge in [0.25, 0.3) is 0 Å². The highest BCUT2D eigenvalue weighted by molar-refractivity contribution is 6.31. The molecule has 2 aromatic rings. The molecule has 1 aromatic carbocycles. The topological polar surface area (TPSA) is 120 Å². The highest BCUT2D eigenvalue weighted by atomic mass is 35.5. The van der Waals surface area contributed by atoms with Crippen LogP contribution < -0.4 is 16.4 Å². The quantitative estimate of drug-likeness (QED) is 0.502. The Kier molecular flexibility index (Phi) is 5.60. The molecule has 5 atom stereocenters. The third-order valence-corrected chi connectivity index (χ3v) is 8.08. The molecule has 168 valence electrons. The fourth-order valence-electron chi connectivity index (χ4n) is 6.45. The van der Waals surface area contributed by atoms with Crippen molar-refractivity contribution >= 4 is 23.4 Å². The second kappa shape index (κ2) is 8.42. The van der Waals surface area contributed by atoms with E-state index in [0.717, 1.165) is 18.0 Å². The van der Waals surface area contributed by atoms with Crippen molar-refractivity contribution in [3.05, 3.63) is 40.5 Å². The molecule has 0 amide bonds. The zero-order chi connectivity index (χ0) is 22.3. The molecule has 1 aromatic heterocycles. The molecule has 4 saturated carbocycles. The van der Waals surface area contributed by atoms with Gasteiger partial charge >= 0.3 is 0 Å². The molecular formula is C24H29ClN6O. The number of nitriles is 1. The van der Waals surface area contributed by atoms with Gasteiger partial charge in [-0.25, -0.2) is 4.98 Å². The van der Waals surface area contributed by atoms with Gasteiger partial charge in [0.2, 0.25) is 5.95 Å². The van der Waals surface area contributed by atoms with Gasteiger partial charge in [-0.2, -0.15) is 10.2 Å². The summed E-state index contributed by atoms with van der Waals surface area (Å²) >= 11 is 6.18. The smallest absolute Gasteiger partial charge is 0.224 e. The number of aromatic hydroxyl groups is 1. The molecule has 0 radical (unpaired) electrons. The van der Waals surface area contributed by atoms with E-state index in [1.54, 1.807) is 12.3 Å². The molecule has 7 nitrogen and oxygen atoms in total. The Labute approximate surface area is 193 Å². The Bertz CT molecular complexity index is 1040. The Hall–Kier alpha value is -2.56. The lowest BCUT2D eigenvalue weighted by atomic mass is 9.48. The number of nitrogens with two attached hydrogens (primary N) is 1. The predicted octanol–water partition coefficient (Wildman–Crippen LogP) is 3.93. The van der Waals surface area contributed by atoms with Crippen molar-refractivity contribution in [1.82, 2.24) is 9.97 Å². The van der Waals surface area contributed by atoms with Crippen LogP contribution in [0, 0.1) is 34.5 Å². The monoisotopic (exact) mass is 452 g/mol. The summed E-state index contributed by atoms with van der Waals surface area (Å²) in [7, 11) is 0. The first kappa shape index (κ1) is 21.3. The number of nitrogens with zero attached hydrogens (tertiary/aromatic N) is 3. The summed E-state index contributed by atoms with van der Waals surface area (Å²) < 4.78 is 0. The minimum Gasteiger partial charge on any atom is -0.508 e. The summed E-state index contributed by atoms with van der Waals surface area (Å²) in [5.41, 5.74) is 8.15. The molecule has 0 spiro atoms. The van der Waals surface area contributed by atoms with Crippen LogP contribution in [-0.2, 0) is 6.42 Å². The predicted molar refractivity (Wildman–Crippen MR) is 125 cm³/mol. The molecule has 32 heavy (non-hydrogen) atoms. The molecule has 6 rings (SSSR count). The van der Waals surface area contributed by atoms with E-state index in [4.69, 9.17) is 17.3 Å². The number of phenols is 1. The van der Waals surface area contributed by atoms with E-state index in [0.29, 0.717) is 53.2 Å². The van der Waals surface area contributed by atoms with Gasteiger partial charge in [0, 0.05) is 24.2 Å². The average molecular weight is 453 g/mol. The Morgan fingerprint density at radius 2 is 2.00 bits per heavy atom. The maximum Gasteiger partial charge on any atom is 0.224 e. The van der Waals surface area contributed by atoms with Crippen molar-refractivity contribution in [3.8, 4) is 11.8 Å². The number of benzene rings is 1. The zero-order valence-electron chi connectivity index (χ0n) is 18.0. The fourth-order valence-corrected chi connectivity index (χ4v) is 6.72. The van der Waals surface area contributed by atoms with Gasteiger partial charge in [0.15, 0.2) is 0 Å². The van der Waals surface area contributed by atoms with Crippen molar-refractivity contribution in [2.75, 3.05) is 23.7 Å². The number of nitrogens with one attached hydrogen (secondary N) is 2. The minimum atomic E-state index is 0.152. The van der Waals surface area contributed by atoms with Crippen LogP contribution in [0.25, 0.3) is 0 Å². The van der Waals surface area contributed by atoms with E-state index in [-0.39, 0.29) is 11.2 Å². The molecule has 4 aliphatic rings. The zero-order valence-corrected chi connectivity index (χ0v) is 18.8. The lowest BCUT2D eigenvalue weighted by Gasteiger charge is -2.59. The van der Waals surface area contributed by atoms with Gasteiger partial charge in [0.05, 0.1) is 6.20 Å². The first-order chi connectivity index (χ1) is 15.4. The minimum absolute atomic E-state index is 0.152. The van der Waals surface area contributed by atoms with Gasteiger partial charge < -0.3 is 21.5 Å². The van der Waals surface area contributed by atoms with Crippen LogP contribution in [0.2, 0.25) is 5.02 Å². The van der Waals surface area contributed by atoms with Crippen molar-refractivity contribution in [3.63, 3.8) is 0 Å². The maximum absolute atomic E-state index is 9.54. The van der Waals surface area contributed by atoms with Crippen LogP contribution in [0.3, 0.4) is 0 Å². The first-order valence-corrected chi connectivity index (χ1v) is 11.8. The molecule has 5 N–H and O–H groups in total. The van der Waals surface area contributed by atoms with E-state index < -0.39 is 0 Å². The van der Waals surface area contributed by atoms with Gasteiger partial charge in [0.1, 0.15) is 23.2 Å².